The van der Waals surface area contributed by atoms with Crippen LogP contribution in [-0.4, -0.2) is 8.32 Å². The van der Waals surface area contributed by atoms with Gasteiger partial charge >= 0.3 is 0 Å². The van der Waals surface area contributed by atoms with Gasteiger partial charge < -0.3 is 4.43 Å². The van der Waals surface area contributed by atoms with Crippen molar-refractivity contribution >= 4 is 8.32 Å². The molecule has 0 bridgehead atoms. The van der Waals surface area contributed by atoms with Crippen molar-refractivity contribution in [3.63, 3.8) is 0 Å². The Kier molecular flexibility index (Phi) is 4.33. The molecule has 0 radical (unpaired) electrons. The Morgan fingerprint density at radius 2 is 1.67 bits per heavy atom. The lowest BCUT2D eigenvalue weighted by atomic mass is 10.1. The monoisotopic (exact) mass is 272 g/mol. The molecular weight excluding hydrogens is 250 g/mol. The van der Waals surface area contributed by atoms with Gasteiger partial charge in [0.05, 0.1) is 6.61 Å². The number of benzene rings is 1. The molecule has 0 amide bonds. The molecule has 0 heterocycles. The van der Waals surface area contributed by atoms with Crippen molar-refractivity contribution in [2.24, 2.45) is 0 Å². The third-order valence-electron chi connectivity index (χ3n) is 3.75. The van der Waals surface area contributed by atoms with Gasteiger partial charge in [0, 0.05) is 5.56 Å². The Morgan fingerprint density at radius 1 is 1.11 bits per heavy atom. The fourth-order valence-corrected chi connectivity index (χ4v) is 2.22. The van der Waals surface area contributed by atoms with E-state index in [1.54, 1.807) is 19.1 Å². The van der Waals surface area contributed by atoms with Crippen LogP contribution in [0, 0.1) is 18.6 Å². The highest BCUT2D eigenvalue weighted by Crippen LogP contribution is 2.37. The first-order valence-electron chi connectivity index (χ1n) is 6.14. The Bertz CT molecular complexity index is 436. The molecule has 0 aliphatic carbocycles. The lowest BCUT2D eigenvalue weighted by molar-refractivity contribution is 0.269. The van der Waals surface area contributed by atoms with E-state index in [0.717, 1.165) is 0 Å². The largest absolute Gasteiger partial charge is 0.412 e. The average Bonchev–Trinajstić information content (AvgIpc) is 2.23. The molecule has 0 unspecified atom stereocenters. The van der Waals surface area contributed by atoms with Crippen LogP contribution in [0.25, 0.3) is 0 Å². The second kappa shape index (κ2) is 5.09. The molecule has 4 heteroatoms. The third kappa shape index (κ3) is 3.17. The molecule has 0 atom stereocenters. The van der Waals surface area contributed by atoms with E-state index in [4.69, 9.17) is 4.43 Å². The lowest BCUT2D eigenvalue weighted by Crippen LogP contribution is -2.40. The van der Waals surface area contributed by atoms with E-state index >= 15 is 0 Å². The van der Waals surface area contributed by atoms with E-state index in [0.29, 0.717) is 11.1 Å². The molecule has 102 valence electrons. The van der Waals surface area contributed by atoms with Crippen LogP contribution in [0.2, 0.25) is 18.1 Å². The summed E-state index contributed by atoms with van der Waals surface area (Å²) >= 11 is 0. The first-order chi connectivity index (χ1) is 8.06. The second-order valence-corrected chi connectivity index (χ2v) is 11.0. The zero-order chi connectivity index (χ0) is 14.1. The molecule has 0 aromatic heterocycles. The van der Waals surface area contributed by atoms with E-state index < -0.39 is 20.0 Å². The Balaban J connectivity index is 2.85. The molecule has 1 aromatic carbocycles. The Hall–Kier alpha value is -0.743. The maximum atomic E-state index is 13.7. The van der Waals surface area contributed by atoms with Gasteiger partial charge in [-0.3, -0.25) is 0 Å². The quantitative estimate of drug-likeness (QED) is 0.718. The maximum Gasteiger partial charge on any atom is 0.192 e. The van der Waals surface area contributed by atoms with Crippen LogP contribution in [0.4, 0.5) is 8.78 Å². The summed E-state index contributed by atoms with van der Waals surface area (Å²) in [5.41, 5.74) is 0.617. The summed E-state index contributed by atoms with van der Waals surface area (Å²) in [6, 6.07) is 3.18. The van der Waals surface area contributed by atoms with Gasteiger partial charge in [0.25, 0.3) is 0 Å². The second-order valence-electron chi connectivity index (χ2n) is 6.22. The molecular formula is C14H22F2OSi. The predicted octanol–water partition coefficient (Wildman–Crippen LogP) is 4.80. The van der Waals surface area contributed by atoms with Gasteiger partial charge in [-0.1, -0.05) is 32.9 Å². The van der Waals surface area contributed by atoms with Crippen LogP contribution in [0.5, 0.6) is 0 Å². The zero-order valence-corrected chi connectivity index (χ0v) is 13.0. The van der Waals surface area contributed by atoms with E-state index in [2.05, 4.69) is 33.9 Å². The Labute approximate surface area is 109 Å². The van der Waals surface area contributed by atoms with E-state index in [9.17, 15) is 8.78 Å². The summed E-state index contributed by atoms with van der Waals surface area (Å²) in [6.45, 7) is 12.2. The molecule has 0 saturated heterocycles. The molecule has 0 spiro atoms. The van der Waals surface area contributed by atoms with Crippen molar-refractivity contribution in [1.29, 1.82) is 0 Å². The van der Waals surface area contributed by atoms with Crippen LogP contribution in [-0.2, 0) is 11.0 Å². The average molecular weight is 272 g/mol. The highest BCUT2D eigenvalue weighted by Gasteiger charge is 2.37. The lowest BCUT2D eigenvalue weighted by Gasteiger charge is -2.36. The van der Waals surface area contributed by atoms with Crippen molar-refractivity contribution in [2.75, 3.05) is 0 Å². The standard InChI is InChI=1S/C14H22F2OSi/c1-10-7-8-11(13(16)12(10)15)9-17-18(5,6)14(2,3)4/h7-8H,9H2,1-6H3. The Morgan fingerprint density at radius 3 is 2.17 bits per heavy atom. The van der Waals surface area contributed by atoms with E-state index in [-0.39, 0.29) is 11.6 Å². The van der Waals surface area contributed by atoms with Crippen molar-refractivity contribution < 1.29 is 13.2 Å². The van der Waals surface area contributed by atoms with Gasteiger partial charge in [-0.2, -0.15) is 0 Å². The summed E-state index contributed by atoms with van der Waals surface area (Å²) in [5.74, 6) is -1.56. The van der Waals surface area contributed by atoms with Crippen molar-refractivity contribution in [3.05, 3.63) is 34.9 Å². The van der Waals surface area contributed by atoms with E-state index in [1.165, 1.54) is 0 Å². The zero-order valence-electron chi connectivity index (χ0n) is 12.0. The summed E-state index contributed by atoms with van der Waals surface area (Å²) in [5, 5.41) is 0.0622. The molecule has 0 saturated carbocycles. The van der Waals surface area contributed by atoms with Gasteiger partial charge in [0.2, 0.25) is 0 Å². The summed E-state index contributed by atoms with van der Waals surface area (Å²) < 4.78 is 33.0. The SMILES string of the molecule is Cc1ccc(CO[Si](C)(C)C(C)(C)C)c(F)c1F. The fourth-order valence-electron chi connectivity index (χ4n) is 1.27. The minimum Gasteiger partial charge on any atom is -0.412 e. The van der Waals surface area contributed by atoms with Crippen LogP contribution in [0.3, 0.4) is 0 Å². The first kappa shape index (κ1) is 15.3. The summed E-state index contributed by atoms with van der Waals surface area (Å²) in [4.78, 5) is 0. The molecule has 0 fully saturated rings. The van der Waals surface area contributed by atoms with Crippen molar-refractivity contribution in [1.82, 2.24) is 0 Å². The molecule has 0 aliphatic heterocycles. The number of hydrogen-bond acceptors (Lipinski definition) is 1. The van der Waals surface area contributed by atoms with Gasteiger partial charge in [-0.15, -0.1) is 0 Å². The summed E-state index contributed by atoms with van der Waals surface area (Å²) in [7, 11) is -1.93. The number of rotatable bonds is 3. The highest BCUT2D eigenvalue weighted by atomic mass is 28.4. The van der Waals surface area contributed by atoms with Crippen molar-refractivity contribution in [3.8, 4) is 0 Å². The van der Waals surface area contributed by atoms with Crippen LogP contribution in [0.1, 0.15) is 31.9 Å². The summed E-state index contributed by atoms with van der Waals surface area (Å²) in [6.07, 6.45) is 0. The van der Waals surface area contributed by atoms with Crippen LogP contribution in [0.15, 0.2) is 12.1 Å². The number of hydrogen-bond donors (Lipinski definition) is 0. The first-order valence-corrected chi connectivity index (χ1v) is 9.04. The van der Waals surface area contributed by atoms with Gasteiger partial charge in [0.15, 0.2) is 20.0 Å². The van der Waals surface area contributed by atoms with E-state index in [1.807, 2.05) is 0 Å². The van der Waals surface area contributed by atoms with Gasteiger partial charge in [-0.05, 0) is 30.6 Å². The van der Waals surface area contributed by atoms with Crippen LogP contribution >= 0.6 is 0 Å². The normalized spacial score (nSPS) is 12.9. The molecule has 1 nitrogen and oxygen atoms in total. The molecule has 0 aliphatic rings. The highest BCUT2D eigenvalue weighted by molar-refractivity contribution is 6.74. The topological polar surface area (TPSA) is 9.23 Å². The molecule has 1 rings (SSSR count). The van der Waals surface area contributed by atoms with Crippen LogP contribution < -0.4 is 0 Å². The molecule has 1 aromatic rings. The molecule has 18 heavy (non-hydrogen) atoms. The van der Waals surface area contributed by atoms with Gasteiger partial charge in [0.1, 0.15) is 0 Å². The van der Waals surface area contributed by atoms with Gasteiger partial charge in [-0.25, -0.2) is 8.78 Å². The predicted molar refractivity (Wildman–Crippen MR) is 73.1 cm³/mol. The minimum atomic E-state index is -1.93. The number of aryl methyl sites for hydroxylation is 1. The minimum absolute atomic E-state index is 0.0622. The number of halogens is 2. The smallest absolute Gasteiger partial charge is 0.192 e. The maximum absolute atomic E-state index is 13.7. The molecule has 0 N–H and O–H groups in total. The fraction of sp³-hybridized carbons (Fsp3) is 0.571. The van der Waals surface area contributed by atoms with Crippen molar-refractivity contribution in [2.45, 2.75) is 52.4 Å². The third-order valence-corrected chi connectivity index (χ3v) is 8.23.